The number of rotatable bonds is 3. The molecule has 6 heteroatoms. The van der Waals surface area contributed by atoms with E-state index in [1.165, 1.54) is 12.0 Å². The number of carbonyl (C=O) groups is 1. The van der Waals surface area contributed by atoms with Gasteiger partial charge < -0.3 is 4.90 Å². The van der Waals surface area contributed by atoms with E-state index in [9.17, 15) is 4.79 Å². The molecule has 2 aliphatic heterocycles. The third-order valence-corrected chi connectivity index (χ3v) is 5.60. The minimum Gasteiger partial charge on any atom is -0.335 e. The third kappa shape index (κ3) is 3.18. The van der Waals surface area contributed by atoms with Gasteiger partial charge >= 0.3 is 0 Å². The molecule has 25 heavy (non-hydrogen) atoms. The van der Waals surface area contributed by atoms with E-state index in [-0.39, 0.29) is 11.4 Å². The molecule has 0 aromatic carbocycles. The number of aryl methyl sites for hydroxylation is 1. The minimum absolute atomic E-state index is 0.0525. The zero-order chi connectivity index (χ0) is 17.3. The van der Waals surface area contributed by atoms with Crippen LogP contribution in [-0.4, -0.2) is 56.1 Å². The van der Waals surface area contributed by atoms with Gasteiger partial charge in [-0.2, -0.15) is 5.10 Å². The third-order valence-electron chi connectivity index (χ3n) is 5.60. The molecule has 0 saturated carbocycles. The largest absolute Gasteiger partial charge is 0.335 e. The van der Waals surface area contributed by atoms with Crippen LogP contribution in [0.4, 0.5) is 0 Å². The summed E-state index contributed by atoms with van der Waals surface area (Å²) in [5.74, 6) is 0.0525. The standard InChI is InChI=1S/C19H25N5O/c1-15-11-17(22-21-15)18(25)23-9-3-6-19(14-23)7-4-10-24(19)13-16-5-2-8-20-12-16/h2,5,8,11-12H,3-4,6-7,9-10,13-14H2,1H3,(H,21,22)/t19-/m1/s1. The zero-order valence-electron chi connectivity index (χ0n) is 14.7. The maximum atomic E-state index is 12.8. The van der Waals surface area contributed by atoms with E-state index in [1.807, 2.05) is 36.4 Å². The van der Waals surface area contributed by atoms with E-state index >= 15 is 0 Å². The van der Waals surface area contributed by atoms with Gasteiger partial charge in [0.25, 0.3) is 5.91 Å². The Morgan fingerprint density at radius 3 is 2.88 bits per heavy atom. The fraction of sp³-hybridized carbons (Fsp3) is 0.526. The van der Waals surface area contributed by atoms with Crippen LogP contribution in [0.2, 0.25) is 0 Å². The van der Waals surface area contributed by atoms with Crippen molar-refractivity contribution in [3.8, 4) is 0 Å². The Hall–Kier alpha value is -2.21. The average molecular weight is 339 g/mol. The summed E-state index contributed by atoms with van der Waals surface area (Å²) in [5, 5.41) is 7.03. The van der Waals surface area contributed by atoms with E-state index in [4.69, 9.17) is 0 Å². The van der Waals surface area contributed by atoms with Crippen LogP contribution >= 0.6 is 0 Å². The molecule has 1 spiro atoms. The maximum Gasteiger partial charge on any atom is 0.274 e. The molecule has 2 aromatic heterocycles. The van der Waals surface area contributed by atoms with E-state index < -0.39 is 0 Å². The number of H-pyrrole nitrogens is 1. The van der Waals surface area contributed by atoms with Crippen molar-refractivity contribution in [2.24, 2.45) is 0 Å². The smallest absolute Gasteiger partial charge is 0.274 e. The first-order chi connectivity index (χ1) is 12.2. The number of amides is 1. The Kier molecular flexibility index (Phi) is 4.29. The minimum atomic E-state index is 0.0525. The number of piperidine rings is 1. The summed E-state index contributed by atoms with van der Waals surface area (Å²) in [6.45, 7) is 5.56. The maximum absolute atomic E-state index is 12.8. The molecule has 2 saturated heterocycles. The number of aromatic nitrogens is 3. The van der Waals surface area contributed by atoms with Crippen molar-refractivity contribution >= 4 is 5.91 Å². The van der Waals surface area contributed by atoms with Gasteiger partial charge in [0.2, 0.25) is 0 Å². The first kappa shape index (κ1) is 16.3. The lowest BCUT2D eigenvalue weighted by atomic mass is 9.86. The Bertz CT molecular complexity index is 743. The molecule has 0 radical (unpaired) electrons. The number of hydrogen-bond donors (Lipinski definition) is 1. The fourth-order valence-electron chi connectivity index (χ4n) is 4.39. The molecule has 0 unspecified atom stereocenters. The molecule has 2 fully saturated rings. The van der Waals surface area contributed by atoms with Crippen molar-refractivity contribution in [3.63, 3.8) is 0 Å². The molecular formula is C19H25N5O. The molecule has 2 aliphatic rings. The molecule has 132 valence electrons. The molecule has 6 nitrogen and oxygen atoms in total. The van der Waals surface area contributed by atoms with Crippen LogP contribution in [0.25, 0.3) is 0 Å². The lowest BCUT2D eigenvalue weighted by Crippen LogP contribution is -2.56. The lowest BCUT2D eigenvalue weighted by molar-refractivity contribution is 0.0292. The molecule has 1 N–H and O–H groups in total. The molecule has 1 atom stereocenters. The molecule has 1 amide bonds. The normalized spacial score (nSPS) is 24.1. The summed E-state index contributed by atoms with van der Waals surface area (Å²) in [4.78, 5) is 21.6. The van der Waals surface area contributed by atoms with Crippen molar-refractivity contribution in [1.29, 1.82) is 0 Å². The monoisotopic (exact) mass is 339 g/mol. The van der Waals surface area contributed by atoms with Crippen LogP contribution in [0.15, 0.2) is 30.6 Å². The Balaban J connectivity index is 1.51. The second-order valence-corrected chi connectivity index (χ2v) is 7.38. The highest BCUT2D eigenvalue weighted by molar-refractivity contribution is 5.92. The number of carbonyl (C=O) groups excluding carboxylic acids is 1. The molecule has 4 rings (SSSR count). The molecule has 0 bridgehead atoms. The van der Waals surface area contributed by atoms with Gasteiger partial charge in [-0.15, -0.1) is 0 Å². The second kappa shape index (κ2) is 6.59. The quantitative estimate of drug-likeness (QED) is 0.932. The number of likely N-dealkylation sites (tertiary alicyclic amines) is 2. The van der Waals surface area contributed by atoms with Crippen LogP contribution in [0.1, 0.15) is 47.4 Å². The Labute approximate surface area is 148 Å². The van der Waals surface area contributed by atoms with Crippen molar-refractivity contribution in [3.05, 3.63) is 47.5 Å². The second-order valence-electron chi connectivity index (χ2n) is 7.38. The summed E-state index contributed by atoms with van der Waals surface area (Å²) in [7, 11) is 0. The van der Waals surface area contributed by atoms with Crippen LogP contribution in [0, 0.1) is 6.92 Å². The van der Waals surface area contributed by atoms with E-state index in [2.05, 4.69) is 26.1 Å². The number of nitrogens with one attached hydrogen (secondary N) is 1. The first-order valence-corrected chi connectivity index (χ1v) is 9.12. The Morgan fingerprint density at radius 2 is 2.16 bits per heavy atom. The van der Waals surface area contributed by atoms with Crippen LogP contribution in [0.3, 0.4) is 0 Å². The van der Waals surface area contributed by atoms with Crippen molar-refractivity contribution in [2.45, 2.75) is 44.7 Å². The van der Waals surface area contributed by atoms with Crippen LogP contribution in [0.5, 0.6) is 0 Å². The fourth-order valence-corrected chi connectivity index (χ4v) is 4.39. The first-order valence-electron chi connectivity index (χ1n) is 9.12. The van der Waals surface area contributed by atoms with E-state index in [1.54, 1.807) is 0 Å². The van der Waals surface area contributed by atoms with Gasteiger partial charge in [-0.1, -0.05) is 6.07 Å². The highest BCUT2D eigenvalue weighted by Crippen LogP contribution is 2.38. The van der Waals surface area contributed by atoms with Gasteiger partial charge in [-0.05, 0) is 56.8 Å². The number of nitrogens with zero attached hydrogens (tertiary/aromatic N) is 4. The molecule has 4 heterocycles. The van der Waals surface area contributed by atoms with Crippen LogP contribution in [-0.2, 0) is 6.54 Å². The number of hydrogen-bond acceptors (Lipinski definition) is 4. The van der Waals surface area contributed by atoms with Crippen molar-refractivity contribution < 1.29 is 4.79 Å². The van der Waals surface area contributed by atoms with Gasteiger partial charge in [0.15, 0.2) is 0 Å². The molecule has 0 aliphatic carbocycles. The highest BCUT2D eigenvalue weighted by atomic mass is 16.2. The van der Waals surface area contributed by atoms with E-state index in [0.29, 0.717) is 5.69 Å². The van der Waals surface area contributed by atoms with Crippen LogP contribution < -0.4 is 0 Å². The highest BCUT2D eigenvalue weighted by Gasteiger charge is 2.45. The van der Waals surface area contributed by atoms with Crippen molar-refractivity contribution in [2.75, 3.05) is 19.6 Å². The summed E-state index contributed by atoms with van der Waals surface area (Å²) < 4.78 is 0. The van der Waals surface area contributed by atoms with Gasteiger partial charge in [0.05, 0.1) is 0 Å². The average Bonchev–Trinajstić information content (AvgIpc) is 3.22. The predicted molar refractivity (Wildman–Crippen MR) is 95.1 cm³/mol. The summed E-state index contributed by atoms with van der Waals surface area (Å²) in [6, 6.07) is 5.97. The van der Waals surface area contributed by atoms with Crippen molar-refractivity contribution in [1.82, 2.24) is 25.0 Å². The van der Waals surface area contributed by atoms with Gasteiger partial charge in [0, 0.05) is 43.3 Å². The van der Waals surface area contributed by atoms with Gasteiger partial charge in [-0.25, -0.2) is 0 Å². The summed E-state index contributed by atoms with van der Waals surface area (Å²) in [5.41, 5.74) is 2.81. The summed E-state index contributed by atoms with van der Waals surface area (Å²) >= 11 is 0. The zero-order valence-corrected chi connectivity index (χ0v) is 14.7. The molecule has 2 aromatic rings. The van der Waals surface area contributed by atoms with E-state index in [0.717, 1.165) is 51.1 Å². The lowest BCUT2D eigenvalue weighted by Gasteiger charge is -2.46. The topological polar surface area (TPSA) is 65.1 Å². The summed E-state index contributed by atoms with van der Waals surface area (Å²) in [6.07, 6.45) is 8.34. The van der Waals surface area contributed by atoms with Gasteiger partial charge in [-0.3, -0.25) is 19.8 Å². The number of aromatic amines is 1. The molecular weight excluding hydrogens is 314 g/mol. The predicted octanol–water partition coefficient (Wildman–Crippen LogP) is 2.38. The number of pyridine rings is 1. The Morgan fingerprint density at radius 1 is 1.32 bits per heavy atom. The SMILES string of the molecule is Cc1cc(C(=O)N2CCC[C@@]3(CCCN3Cc3cccnc3)C2)n[nH]1. The van der Waals surface area contributed by atoms with Gasteiger partial charge in [0.1, 0.15) is 5.69 Å².